The molecule has 1 aliphatic rings. The number of benzene rings is 3. The summed E-state index contributed by atoms with van der Waals surface area (Å²) in [4.78, 5) is 15.4. The Kier molecular flexibility index (Phi) is 6.66. The van der Waals surface area contributed by atoms with E-state index in [1.165, 1.54) is 44.6 Å². The van der Waals surface area contributed by atoms with Gasteiger partial charge in [-0.25, -0.2) is 0 Å². The SMILES string of the molecule is COc1ccc(-c2c(C(F)(F)F)oc3c4c(ccc3c2=O)OCN(Cc2ccc(OC)c(OC)c2)C4)cc1. The Balaban J connectivity index is 1.58. The molecule has 0 amide bonds. The van der Waals surface area contributed by atoms with Crippen LogP contribution in [0.25, 0.3) is 22.1 Å². The van der Waals surface area contributed by atoms with E-state index in [0.29, 0.717) is 35.1 Å². The summed E-state index contributed by atoms with van der Waals surface area (Å²) >= 11 is 0. The van der Waals surface area contributed by atoms with Crippen molar-refractivity contribution in [1.29, 1.82) is 0 Å². The number of hydrogen-bond donors (Lipinski definition) is 0. The molecule has 0 spiro atoms. The topological polar surface area (TPSA) is 70.4 Å². The molecule has 38 heavy (non-hydrogen) atoms. The maximum absolute atomic E-state index is 14.2. The first-order chi connectivity index (χ1) is 18.2. The summed E-state index contributed by atoms with van der Waals surface area (Å²) in [7, 11) is 4.52. The van der Waals surface area contributed by atoms with Crippen LogP contribution in [0.5, 0.6) is 23.0 Å². The first kappa shape index (κ1) is 25.5. The highest BCUT2D eigenvalue weighted by Crippen LogP contribution is 2.40. The highest BCUT2D eigenvalue weighted by molar-refractivity contribution is 5.87. The van der Waals surface area contributed by atoms with Crippen LogP contribution >= 0.6 is 0 Å². The van der Waals surface area contributed by atoms with Crippen molar-refractivity contribution < 1.29 is 36.5 Å². The second kappa shape index (κ2) is 9.94. The van der Waals surface area contributed by atoms with Crippen molar-refractivity contribution in [3.05, 3.63) is 81.7 Å². The van der Waals surface area contributed by atoms with Gasteiger partial charge < -0.3 is 23.4 Å². The lowest BCUT2D eigenvalue weighted by Gasteiger charge is -2.29. The number of alkyl halides is 3. The zero-order chi connectivity index (χ0) is 27.0. The van der Waals surface area contributed by atoms with Crippen molar-refractivity contribution in [3.63, 3.8) is 0 Å². The van der Waals surface area contributed by atoms with Gasteiger partial charge in [-0.15, -0.1) is 0 Å². The number of ether oxygens (including phenoxy) is 4. The van der Waals surface area contributed by atoms with Crippen LogP contribution in [-0.2, 0) is 19.3 Å². The number of nitrogens with zero attached hydrogens (tertiary/aromatic N) is 1. The van der Waals surface area contributed by atoms with Gasteiger partial charge in [0.15, 0.2) is 11.5 Å². The predicted molar refractivity (Wildman–Crippen MR) is 134 cm³/mol. The monoisotopic (exact) mass is 527 g/mol. The number of rotatable bonds is 6. The van der Waals surface area contributed by atoms with Crippen LogP contribution in [0.2, 0.25) is 0 Å². The third-order valence-corrected chi connectivity index (χ3v) is 6.40. The van der Waals surface area contributed by atoms with Crippen LogP contribution in [0, 0.1) is 0 Å². The molecule has 1 aromatic heterocycles. The van der Waals surface area contributed by atoms with Gasteiger partial charge in [0.2, 0.25) is 11.2 Å². The zero-order valence-electron chi connectivity index (χ0n) is 20.8. The zero-order valence-corrected chi connectivity index (χ0v) is 20.8. The molecule has 198 valence electrons. The van der Waals surface area contributed by atoms with Crippen LogP contribution in [0.1, 0.15) is 16.9 Å². The van der Waals surface area contributed by atoms with Crippen LogP contribution in [0.3, 0.4) is 0 Å². The lowest BCUT2D eigenvalue weighted by Crippen LogP contribution is -2.32. The van der Waals surface area contributed by atoms with Crippen LogP contribution in [0.4, 0.5) is 13.2 Å². The van der Waals surface area contributed by atoms with Gasteiger partial charge in [-0.3, -0.25) is 9.69 Å². The Bertz CT molecular complexity index is 1550. The third-order valence-electron chi connectivity index (χ3n) is 6.40. The standard InChI is InChI=1S/C28H24F3NO6/c1-34-18-7-5-17(6-8-18)24-25(33)19-9-11-21-20(26(19)38-27(24)28(29,30)31)14-32(15-37-21)13-16-4-10-22(35-2)23(12-16)36-3/h4-12H,13-15H2,1-3H3. The van der Waals surface area contributed by atoms with E-state index in [-0.39, 0.29) is 29.8 Å². The van der Waals surface area contributed by atoms with Crippen LogP contribution in [-0.4, -0.2) is 33.0 Å². The van der Waals surface area contributed by atoms with Crippen LogP contribution < -0.4 is 24.4 Å². The molecule has 0 radical (unpaired) electrons. The average molecular weight is 527 g/mol. The molecule has 0 N–H and O–H groups in total. The van der Waals surface area contributed by atoms with Gasteiger partial charge in [0.25, 0.3) is 0 Å². The molecule has 4 aromatic rings. The van der Waals surface area contributed by atoms with E-state index in [4.69, 9.17) is 23.4 Å². The lowest BCUT2D eigenvalue weighted by atomic mass is 9.99. The Hall–Kier alpha value is -4.18. The predicted octanol–water partition coefficient (Wildman–Crippen LogP) is 5.86. The molecule has 0 unspecified atom stereocenters. The Morgan fingerprint density at radius 3 is 2.32 bits per heavy atom. The van der Waals surface area contributed by atoms with E-state index in [1.54, 1.807) is 19.2 Å². The molecule has 0 fully saturated rings. The van der Waals surface area contributed by atoms with Crippen molar-refractivity contribution >= 4 is 11.0 Å². The van der Waals surface area contributed by atoms with E-state index in [0.717, 1.165) is 5.56 Å². The molecular formula is C28H24F3NO6. The maximum Gasteiger partial charge on any atom is 0.450 e. The van der Waals surface area contributed by atoms with Gasteiger partial charge in [-0.2, -0.15) is 13.2 Å². The van der Waals surface area contributed by atoms with Gasteiger partial charge in [0.1, 0.15) is 23.8 Å². The first-order valence-corrected chi connectivity index (χ1v) is 11.6. The van der Waals surface area contributed by atoms with Crippen molar-refractivity contribution in [2.24, 2.45) is 0 Å². The van der Waals surface area contributed by atoms with E-state index >= 15 is 0 Å². The van der Waals surface area contributed by atoms with Crippen LogP contribution in [0.15, 0.2) is 63.8 Å². The minimum Gasteiger partial charge on any atom is -0.497 e. The fourth-order valence-corrected chi connectivity index (χ4v) is 4.57. The molecule has 0 aliphatic carbocycles. The molecule has 3 aromatic carbocycles. The molecule has 0 bridgehead atoms. The molecule has 2 heterocycles. The Labute approximate surface area is 215 Å². The summed E-state index contributed by atoms with van der Waals surface area (Å²) in [5, 5.41) is 0.0409. The minimum atomic E-state index is -4.90. The molecule has 10 heteroatoms. The fraction of sp³-hybridized carbons (Fsp3) is 0.250. The molecule has 0 saturated carbocycles. The van der Waals surface area contributed by atoms with Crippen molar-refractivity contribution in [3.8, 4) is 34.1 Å². The van der Waals surface area contributed by atoms with E-state index in [1.807, 2.05) is 17.0 Å². The van der Waals surface area contributed by atoms with Crippen molar-refractivity contribution in [2.75, 3.05) is 28.1 Å². The molecule has 0 saturated heterocycles. The fourth-order valence-electron chi connectivity index (χ4n) is 4.57. The summed E-state index contributed by atoms with van der Waals surface area (Å²) in [5.74, 6) is 0.602. The second-order valence-electron chi connectivity index (χ2n) is 8.73. The summed E-state index contributed by atoms with van der Waals surface area (Å²) in [5.41, 5.74) is -0.130. The molecule has 7 nitrogen and oxygen atoms in total. The maximum atomic E-state index is 14.2. The Morgan fingerprint density at radius 2 is 1.66 bits per heavy atom. The lowest BCUT2D eigenvalue weighted by molar-refractivity contribution is -0.152. The highest BCUT2D eigenvalue weighted by Gasteiger charge is 2.40. The van der Waals surface area contributed by atoms with E-state index in [2.05, 4.69) is 0 Å². The summed E-state index contributed by atoms with van der Waals surface area (Å²) in [6.07, 6.45) is -4.90. The molecule has 0 atom stereocenters. The second-order valence-corrected chi connectivity index (χ2v) is 8.73. The molecule has 5 rings (SSSR count). The van der Waals surface area contributed by atoms with Gasteiger partial charge in [0.05, 0.1) is 37.8 Å². The number of fused-ring (bicyclic) bond motifs is 3. The summed E-state index contributed by atoms with van der Waals surface area (Å²) in [6, 6.07) is 14.3. The number of hydrogen-bond acceptors (Lipinski definition) is 7. The van der Waals surface area contributed by atoms with Gasteiger partial charge in [-0.1, -0.05) is 18.2 Å². The number of halogens is 3. The largest absolute Gasteiger partial charge is 0.497 e. The van der Waals surface area contributed by atoms with Crippen molar-refractivity contribution in [1.82, 2.24) is 4.90 Å². The van der Waals surface area contributed by atoms with E-state index in [9.17, 15) is 18.0 Å². The van der Waals surface area contributed by atoms with Gasteiger partial charge in [-0.05, 0) is 47.5 Å². The van der Waals surface area contributed by atoms with Gasteiger partial charge in [0, 0.05) is 13.1 Å². The van der Waals surface area contributed by atoms with E-state index < -0.39 is 22.9 Å². The third kappa shape index (κ3) is 4.63. The van der Waals surface area contributed by atoms with Crippen molar-refractivity contribution in [2.45, 2.75) is 19.3 Å². The average Bonchev–Trinajstić information content (AvgIpc) is 2.92. The summed E-state index contributed by atoms with van der Waals surface area (Å²) < 4.78 is 69.7. The highest BCUT2D eigenvalue weighted by atomic mass is 19.4. The smallest absolute Gasteiger partial charge is 0.450 e. The van der Waals surface area contributed by atoms with Gasteiger partial charge >= 0.3 is 6.18 Å². The number of methoxy groups -OCH3 is 3. The normalized spacial score (nSPS) is 13.6. The first-order valence-electron chi connectivity index (χ1n) is 11.6. The summed E-state index contributed by atoms with van der Waals surface area (Å²) in [6.45, 7) is 0.826. The minimum absolute atomic E-state index is 0.0409. The molecular weight excluding hydrogens is 503 g/mol. The Morgan fingerprint density at radius 1 is 0.921 bits per heavy atom. The molecule has 1 aliphatic heterocycles. The quantitative estimate of drug-likeness (QED) is 0.311.